The summed E-state index contributed by atoms with van der Waals surface area (Å²) in [7, 11) is 1.86. The molecule has 26 heavy (non-hydrogen) atoms. The molecular formula is C19H21FN4O2. The first-order valence-electron chi connectivity index (χ1n) is 8.54. The molecule has 0 saturated carbocycles. The lowest BCUT2D eigenvalue weighted by Gasteiger charge is -2.14. The van der Waals surface area contributed by atoms with Crippen LogP contribution >= 0.6 is 0 Å². The van der Waals surface area contributed by atoms with E-state index < -0.39 is 5.97 Å². The maximum Gasteiger partial charge on any atom is 0.341 e. The largest absolute Gasteiger partial charge is 0.462 e. The van der Waals surface area contributed by atoms with Gasteiger partial charge in [0.25, 0.3) is 0 Å². The third kappa shape index (κ3) is 3.51. The Bertz CT molecular complexity index is 952. The van der Waals surface area contributed by atoms with Crippen molar-refractivity contribution < 1.29 is 13.9 Å². The summed E-state index contributed by atoms with van der Waals surface area (Å²) in [5, 5.41) is 8.22. The van der Waals surface area contributed by atoms with Crippen LogP contribution < -0.4 is 5.32 Å². The van der Waals surface area contributed by atoms with Crippen molar-refractivity contribution in [1.29, 1.82) is 0 Å². The summed E-state index contributed by atoms with van der Waals surface area (Å²) in [5.74, 6) is -0.880. The highest BCUT2D eigenvalue weighted by atomic mass is 19.1. The Kier molecular flexibility index (Phi) is 5.16. The first-order valence-corrected chi connectivity index (χ1v) is 8.54. The van der Waals surface area contributed by atoms with Gasteiger partial charge in [0.15, 0.2) is 0 Å². The molecule has 0 aliphatic heterocycles. The van der Waals surface area contributed by atoms with Crippen LogP contribution in [0.5, 0.6) is 0 Å². The van der Waals surface area contributed by atoms with Gasteiger partial charge in [0.05, 0.1) is 23.5 Å². The highest BCUT2D eigenvalue weighted by molar-refractivity contribution is 6.04. The van der Waals surface area contributed by atoms with Gasteiger partial charge in [-0.05, 0) is 31.5 Å². The highest BCUT2D eigenvalue weighted by Crippen LogP contribution is 2.28. The van der Waals surface area contributed by atoms with Gasteiger partial charge in [-0.3, -0.25) is 9.67 Å². The number of hydrogen-bond acceptors (Lipinski definition) is 5. The molecule has 3 aromatic rings. The van der Waals surface area contributed by atoms with E-state index in [1.54, 1.807) is 17.7 Å². The van der Waals surface area contributed by atoms with Gasteiger partial charge in [-0.25, -0.2) is 9.18 Å². The van der Waals surface area contributed by atoms with Crippen LogP contribution in [-0.2, 0) is 24.8 Å². The van der Waals surface area contributed by atoms with E-state index in [-0.39, 0.29) is 18.0 Å². The number of aromatic nitrogens is 3. The predicted octanol–water partition coefficient (Wildman–Crippen LogP) is 3.46. The number of halogens is 1. The van der Waals surface area contributed by atoms with E-state index in [2.05, 4.69) is 15.4 Å². The number of ether oxygens (including phenoxy) is 1. The molecule has 0 saturated heterocycles. The van der Waals surface area contributed by atoms with Crippen LogP contribution in [0.25, 0.3) is 10.9 Å². The maximum atomic E-state index is 13.8. The zero-order valence-electron chi connectivity index (χ0n) is 15.0. The Morgan fingerprint density at radius 2 is 2.15 bits per heavy atom. The van der Waals surface area contributed by atoms with Gasteiger partial charge in [-0.2, -0.15) is 5.10 Å². The Balaban J connectivity index is 2.04. The molecule has 136 valence electrons. The second kappa shape index (κ2) is 7.51. The van der Waals surface area contributed by atoms with E-state index in [1.807, 2.05) is 20.2 Å². The van der Waals surface area contributed by atoms with E-state index in [0.29, 0.717) is 23.1 Å². The van der Waals surface area contributed by atoms with Crippen molar-refractivity contribution in [1.82, 2.24) is 14.8 Å². The first-order chi connectivity index (χ1) is 12.5. The first kappa shape index (κ1) is 17.8. The second-order valence-electron chi connectivity index (χ2n) is 5.91. The molecule has 0 fully saturated rings. The zero-order chi connectivity index (χ0) is 18.7. The Morgan fingerprint density at radius 3 is 2.88 bits per heavy atom. The fourth-order valence-corrected chi connectivity index (χ4v) is 2.93. The summed E-state index contributed by atoms with van der Waals surface area (Å²) in [6.07, 6.45) is 4.19. The molecule has 6 nitrogen and oxygen atoms in total. The number of anilines is 1. The summed E-state index contributed by atoms with van der Waals surface area (Å²) < 4.78 is 20.7. The third-order valence-electron chi connectivity index (χ3n) is 4.11. The average Bonchev–Trinajstić information content (AvgIpc) is 2.99. The number of pyridine rings is 1. The van der Waals surface area contributed by atoms with Crippen molar-refractivity contribution in [2.45, 2.75) is 26.8 Å². The van der Waals surface area contributed by atoms with Gasteiger partial charge in [-0.15, -0.1) is 0 Å². The van der Waals surface area contributed by atoms with Crippen molar-refractivity contribution in [2.75, 3.05) is 11.9 Å². The van der Waals surface area contributed by atoms with Crippen LogP contribution in [0.3, 0.4) is 0 Å². The molecule has 2 heterocycles. The van der Waals surface area contributed by atoms with Crippen molar-refractivity contribution in [3.05, 3.63) is 53.2 Å². The van der Waals surface area contributed by atoms with Gasteiger partial charge >= 0.3 is 5.97 Å². The van der Waals surface area contributed by atoms with E-state index in [4.69, 9.17) is 4.74 Å². The van der Waals surface area contributed by atoms with Crippen LogP contribution in [0.1, 0.15) is 35.5 Å². The molecule has 7 heteroatoms. The molecular weight excluding hydrogens is 335 g/mol. The van der Waals surface area contributed by atoms with Crippen molar-refractivity contribution in [2.24, 2.45) is 7.05 Å². The van der Waals surface area contributed by atoms with Crippen LogP contribution in [0.15, 0.2) is 30.6 Å². The number of rotatable bonds is 6. The fourth-order valence-electron chi connectivity index (χ4n) is 2.93. The van der Waals surface area contributed by atoms with Gasteiger partial charge in [0, 0.05) is 36.9 Å². The summed E-state index contributed by atoms with van der Waals surface area (Å²) in [4.78, 5) is 16.6. The summed E-state index contributed by atoms with van der Waals surface area (Å²) in [5.41, 5.74) is 3.39. The van der Waals surface area contributed by atoms with E-state index in [0.717, 1.165) is 17.7 Å². The smallest absolute Gasteiger partial charge is 0.341 e. The van der Waals surface area contributed by atoms with E-state index >= 15 is 0 Å². The normalized spacial score (nSPS) is 10.9. The Hall–Kier alpha value is -2.96. The van der Waals surface area contributed by atoms with Crippen LogP contribution in [0, 0.1) is 5.82 Å². The van der Waals surface area contributed by atoms with Crippen LogP contribution in [-0.4, -0.2) is 27.3 Å². The minimum absolute atomic E-state index is 0.252. The number of aryl methyl sites for hydroxylation is 2. The summed E-state index contributed by atoms with van der Waals surface area (Å²) >= 11 is 0. The molecule has 2 aromatic heterocycles. The van der Waals surface area contributed by atoms with Gasteiger partial charge in [0.1, 0.15) is 11.4 Å². The zero-order valence-corrected chi connectivity index (χ0v) is 15.0. The average molecular weight is 356 g/mol. The number of nitrogens with one attached hydrogen (secondary N) is 1. The highest BCUT2D eigenvalue weighted by Gasteiger charge is 2.18. The van der Waals surface area contributed by atoms with Crippen LogP contribution in [0.4, 0.5) is 10.1 Å². The standard InChI is InChI=1S/C19H21FN4O2/c1-4-16-12(11-24(3)23-16)9-22-18-14-8-13(20)6-7-17(14)21-10-15(18)19(25)26-5-2/h6-8,10-11H,4-5,9H2,1-3H3,(H,21,22). The number of benzene rings is 1. The molecule has 3 rings (SSSR count). The second-order valence-corrected chi connectivity index (χ2v) is 5.91. The molecule has 1 N–H and O–H groups in total. The minimum Gasteiger partial charge on any atom is -0.462 e. The minimum atomic E-state index is -0.490. The van der Waals surface area contributed by atoms with Crippen molar-refractivity contribution in [3.63, 3.8) is 0 Å². The van der Waals surface area contributed by atoms with Crippen LogP contribution in [0.2, 0.25) is 0 Å². The number of esters is 1. The molecule has 0 amide bonds. The molecule has 1 aromatic carbocycles. The Labute approximate surface area is 151 Å². The molecule has 0 spiro atoms. The van der Waals surface area contributed by atoms with E-state index in [1.165, 1.54) is 18.3 Å². The number of carbonyl (C=O) groups excluding carboxylic acids is 1. The lowest BCUT2D eigenvalue weighted by Crippen LogP contribution is -2.11. The van der Waals surface area contributed by atoms with Gasteiger partial charge in [-0.1, -0.05) is 6.92 Å². The third-order valence-corrected chi connectivity index (χ3v) is 4.11. The molecule has 0 bridgehead atoms. The van der Waals surface area contributed by atoms with E-state index in [9.17, 15) is 9.18 Å². The number of fused-ring (bicyclic) bond motifs is 1. The Morgan fingerprint density at radius 1 is 1.35 bits per heavy atom. The number of hydrogen-bond donors (Lipinski definition) is 1. The molecule has 0 aliphatic carbocycles. The van der Waals surface area contributed by atoms with Gasteiger partial charge in [0.2, 0.25) is 0 Å². The monoisotopic (exact) mass is 356 g/mol. The quantitative estimate of drug-likeness (QED) is 0.685. The summed E-state index contributed by atoms with van der Waals surface area (Å²) in [6, 6.07) is 4.31. The molecule has 0 unspecified atom stereocenters. The SMILES string of the molecule is CCOC(=O)c1cnc2ccc(F)cc2c1NCc1cn(C)nc1CC. The predicted molar refractivity (Wildman–Crippen MR) is 97.6 cm³/mol. The lowest BCUT2D eigenvalue weighted by atomic mass is 10.1. The fraction of sp³-hybridized carbons (Fsp3) is 0.316. The summed E-state index contributed by atoms with van der Waals surface area (Å²) in [6.45, 7) is 4.48. The topological polar surface area (TPSA) is 69.0 Å². The lowest BCUT2D eigenvalue weighted by molar-refractivity contribution is 0.0527. The maximum absolute atomic E-state index is 13.8. The molecule has 0 radical (unpaired) electrons. The number of nitrogens with zero attached hydrogens (tertiary/aromatic N) is 3. The number of carbonyl (C=O) groups is 1. The molecule has 0 aliphatic rings. The van der Waals surface area contributed by atoms with Crippen molar-refractivity contribution in [3.8, 4) is 0 Å². The van der Waals surface area contributed by atoms with Gasteiger partial charge < -0.3 is 10.1 Å². The van der Waals surface area contributed by atoms with Crippen molar-refractivity contribution >= 4 is 22.6 Å². The molecule has 0 atom stereocenters.